The Morgan fingerprint density at radius 3 is 1.85 bits per heavy atom. The molecule has 1 amide bonds. The number of benzene rings is 2. The van der Waals surface area contributed by atoms with Gasteiger partial charge in [-0.2, -0.15) is 39.5 Å². The average Bonchev–Trinajstić information content (AvgIpc) is 3.17. The largest absolute Gasteiger partial charge is 0.480 e. The number of amides is 1. The molecule has 6 nitrogen and oxygen atoms in total. The lowest BCUT2D eigenvalue weighted by atomic mass is 9.98. The number of ether oxygens (including phenoxy) is 2. The first kappa shape index (κ1) is 30.1. The van der Waals surface area contributed by atoms with Crippen LogP contribution >= 0.6 is 0 Å². The summed E-state index contributed by atoms with van der Waals surface area (Å²) in [6.45, 7) is -2.87. The number of carboxylic acids is 1. The standard InChI is InChI=1S/C24H20F9NO5/c25-21(26,22(27,28)23(29,30)24(31,32)33)9-10-38-12-18(19(35)36)34-20(37)39-11-17-15-7-3-1-5-13(15)14-6-2-4-8-16(14)17/h1-8,17-18H,9-12H2,(H,34,37)(H,35,36)/t18-/m0/s1. The van der Waals surface area contributed by atoms with Crippen molar-refractivity contribution in [3.63, 3.8) is 0 Å². The second-order valence-corrected chi connectivity index (χ2v) is 8.54. The molecule has 2 aromatic carbocycles. The number of rotatable bonds is 11. The minimum Gasteiger partial charge on any atom is -0.480 e. The molecule has 0 saturated carbocycles. The van der Waals surface area contributed by atoms with Crippen molar-refractivity contribution in [2.75, 3.05) is 19.8 Å². The molecule has 1 atom stereocenters. The third kappa shape index (κ3) is 5.92. The fourth-order valence-electron chi connectivity index (χ4n) is 3.92. The number of carbonyl (C=O) groups excluding carboxylic acids is 1. The van der Waals surface area contributed by atoms with Crippen molar-refractivity contribution in [2.24, 2.45) is 0 Å². The number of halogens is 9. The van der Waals surface area contributed by atoms with Crippen LogP contribution in [0.4, 0.5) is 44.3 Å². The first-order valence-corrected chi connectivity index (χ1v) is 11.1. The number of alkyl halides is 9. The van der Waals surface area contributed by atoms with Crippen molar-refractivity contribution in [1.82, 2.24) is 5.32 Å². The maximum absolute atomic E-state index is 13.6. The number of hydrogen-bond donors (Lipinski definition) is 2. The van der Waals surface area contributed by atoms with E-state index in [0.717, 1.165) is 22.3 Å². The Labute approximate surface area is 214 Å². The summed E-state index contributed by atoms with van der Waals surface area (Å²) in [5.41, 5.74) is 3.51. The smallest absolute Gasteiger partial charge is 0.460 e. The summed E-state index contributed by atoms with van der Waals surface area (Å²) in [5.74, 6) is -21.9. The monoisotopic (exact) mass is 573 g/mol. The Balaban J connectivity index is 1.54. The SMILES string of the molecule is O=C(N[C@@H](COCCC(F)(F)C(F)(F)C(F)(F)C(F)(F)F)C(=O)O)OCC1c2ccccc2-c2ccccc21. The Morgan fingerprint density at radius 1 is 0.846 bits per heavy atom. The van der Waals surface area contributed by atoms with Gasteiger partial charge in [-0.15, -0.1) is 0 Å². The van der Waals surface area contributed by atoms with Gasteiger partial charge >= 0.3 is 36.0 Å². The number of nitrogens with one attached hydrogen (secondary N) is 1. The molecule has 0 aliphatic heterocycles. The fourth-order valence-corrected chi connectivity index (χ4v) is 3.92. The van der Waals surface area contributed by atoms with Crippen molar-refractivity contribution in [3.8, 4) is 11.1 Å². The van der Waals surface area contributed by atoms with Gasteiger partial charge in [-0.05, 0) is 22.3 Å². The Kier molecular flexibility index (Phi) is 8.43. The van der Waals surface area contributed by atoms with Crippen LogP contribution in [0.2, 0.25) is 0 Å². The molecule has 0 saturated heterocycles. The van der Waals surface area contributed by atoms with Gasteiger partial charge < -0.3 is 19.9 Å². The van der Waals surface area contributed by atoms with E-state index >= 15 is 0 Å². The highest BCUT2D eigenvalue weighted by atomic mass is 19.4. The zero-order chi connectivity index (χ0) is 29.2. The summed E-state index contributed by atoms with van der Waals surface area (Å²) in [7, 11) is 0. The third-order valence-corrected chi connectivity index (χ3v) is 5.99. The first-order chi connectivity index (χ1) is 18.0. The molecule has 3 rings (SSSR count). The van der Waals surface area contributed by atoms with E-state index in [1.165, 1.54) is 0 Å². The zero-order valence-electron chi connectivity index (χ0n) is 19.6. The van der Waals surface area contributed by atoms with Gasteiger partial charge in [-0.25, -0.2) is 9.59 Å². The Hall–Kier alpha value is -3.49. The maximum Gasteiger partial charge on any atom is 0.460 e. The zero-order valence-corrected chi connectivity index (χ0v) is 19.6. The van der Waals surface area contributed by atoms with Crippen molar-refractivity contribution in [2.45, 2.75) is 42.3 Å². The number of hydrogen-bond acceptors (Lipinski definition) is 4. The van der Waals surface area contributed by atoms with Crippen LogP contribution in [0, 0.1) is 0 Å². The van der Waals surface area contributed by atoms with E-state index in [0.29, 0.717) is 0 Å². The lowest BCUT2D eigenvalue weighted by molar-refractivity contribution is -0.397. The van der Waals surface area contributed by atoms with Crippen molar-refractivity contribution < 1.29 is 63.7 Å². The molecule has 0 fully saturated rings. The maximum atomic E-state index is 13.6. The molecule has 214 valence electrons. The van der Waals surface area contributed by atoms with Gasteiger partial charge in [0.1, 0.15) is 6.61 Å². The molecular weight excluding hydrogens is 553 g/mol. The quantitative estimate of drug-likeness (QED) is 0.260. The van der Waals surface area contributed by atoms with Crippen molar-refractivity contribution >= 4 is 12.1 Å². The molecular formula is C24H20F9NO5. The van der Waals surface area contributed by atoms with Gasteiger partial charge in [0, 0.05) is 12.3 Å². The highest BCUT2D eigenvalue weighted by Crippen LogP contribution is 2.54. The molecule has 0 aromatic heterocycles. The van der Waals surface area contributed by atoms with Crippen LogP contribution in [0.1, 0.15) is 23.5 Å². The van der Waals surface area contributed by atoms with Gasteiger partial charge in [0.2, 0.25) is 0 Å². The molecule has 0 radical (unpaired) electrons. The number of carbonyl (C=O) groups is 2. The number of alkyl carbamates (subject to hydrolysis) is 1. The molecule has 2 aromatic rings. The third-order valence-electron chi connectivity index (χ3n) is 5.99. The Bertz CT molecular complexity index is 1160. The summed E-state index contributed by atoms with van der Waals surface area (Å²) < 4.78 is 126. The number of fused-ring (bicyclic) bond motifs is 3. The normalized spacial score (nSPS) is 14.9. The summed E-state index contributed by atoms with van der Waals surface area (Å²) in [6.07, 6.45) is -10.5. The van der Waals surface area contributed by atoms with E-state index in [1.807, 2.05) is 41.7 Å². The summed E-state index contributed by atoms with van der Waals surface area (Å²) >= 11 is 0. The summed E-state index contributed by atoms with van der Waals surface area (Å²) in [4.78, 5) is 23.6. The van der Waals surface area contributed by atoms with Crippen molar-refractivity contribution in [3.05, 3.63) is 59.7 Å². The van der Waals surface area contributed by atoms with Crippen molar-refractivity contribution in [1.29, 1.82) is 0 Å². The van der Waals surface area contributed by atoms with Crippen LogP contribution in [0.3, 0.4) is 0 Å². The first-order valence-electron chi connectivity index (χ1n) is 11.1. The molecule has 0 heterocycles. The highest BCUT2D eigenvalue weighted by molar-refractivity contribution is 5.81. The molecule has 2 N–H and O–H groups in total. The fraction of sp³-hybridized carbons (Fsp3) is 0.417. The molecule has 39 heavy (non-hydrogen) atoms. The van der Waals surface area contributed by atoms with Crippen LogP contribution in [-0.4, -0.2) is 67.0 Å². The predicted molar refractivity (Wildman–Crippen MR) is 116 cm³/mol. The summed E-state index contributed by atoms with van der Waals surface area (Å²) in [6, 6.07) is 12.6. The molecule has 0 unspecified atom stereocenters. The van der Waals surface area contributed by atoms with E-state index in [1.54, 1.807) is 12.1 Å². The number of aliphatic carboxylic acids is 1. The van der Waals surface area contributed by atoms with Gasteiger partial charge in [0.25, 0.3) is 0 Å². The van der Waals surface area contributed by atoms with E-state index in [4.69, 9.17) is 4.74 Å². The van der Waals surface area contributed by atoms with Gasteiger partial charge in [0.15, 0.2) is 6.04 Å². The van der Waals surface area contributed by atoms with Crippen LogP contribution in [0.15, 0.2) is 48.5 Å². The number of carboxylic acid groups (broad SMARTS) is 1. The molecule has 0 spiro atoms. The molecule has 1 aliphatic rings. The predicted octanol–water partition coefficient (Wildman–Crippen LogP) is 5.85. The average molecular weight is 573 g/mol. The lowest BCUT2D eigenvalue weighted by Crippen LogP contribution is -2.61. The van der Waals surface area contributed by atoms with E-state index < -0.39 is 61.7 Å². The topological polar surface area (TPSA) is 84.9 Å². The Morgan fingerprint density at radius 2 is 1.36 bits per heavy atom. The van der Waals surface area contributed by atoms with Crippen LogP contribution in [0.5, 0.6) is 0 Å². The van der Waals surface area contributed by atoms with Gasteiger partial charge in [-0.3, -0.25) is 0 Å². The molecule has 15 heteroatoms. The van der Waals surface area contributed by atoms with E-state index in [2.05, 4.69) is 4.74 Å². The highest BCUT2D eigenvalue weighted by Gasteiger charge is 2.81. The molecule has 1 aliphatic carbocycles. The van der Waals surface area contributed by atoms with Crippen LogP contribution < -0.4 is 5.32 Å². The second kappa shape index (κ2) is 10.9. The lowest BCUT2D eigenvalue weighted by Gasteiger charge is -2.33. The van der Waals surface area contributed by atoms with E-state index in [-0.39, 0.29) is 12.5 Å². The molecule has 0 bridgehead atoms. The van der Waals surface area contributed by atoms with Crippen LogP contribution in [-0.2, 0) is 14.3 Å². The second-order valence-electron chi connectivity index (χ2n) is 8.54. The minimum atomic E-state index is -7.04. The van der Waals surface area contributed by atoms with Gasteiger partial charge in [0.05, 0.1) is 13.2 Å². The van der Waals surface area contributed by atoms with Crippen LogP contribution in [0.25, 0.3) is 11.1 Å². The van der Waals surface area contributed by atoms with E-state index in [9.17, 15) is 54.2 Å². The minimum absolute atomic E-state index is 0.220. The van der Waals surface area contributed by atoms with Gasteiger partial charge in [-0.1, -0.05) is 48.5 Å². The summed E-state index contributed by atoms with van der Waals surface area (Å²) in [5, 5.41) is 11.1.